The van der Waals surface area contributed by atoms with E-state index in [1.54, 1.807) is 0 Å². The smallest absolute Gasteiger partial charge is 0.301 e. The average molecular weight is 276 g/mol. The SMILES string of the molecule is C=CC(CN1CCN(C)[C@H](C)C1)C(C=C)C(F)(F)F. The van der Waals surface area contributed by atoms with E-state index in [1.165, 1.54) is 6.08 Å². The van der Waals surface area contributed by atoms with Crippen LogP contribution in [0, 0.1) is 11.8 Å². The first-order valence-electron chi connectivity index (χ1n) is 6.54. The Labute approximate surface area is 113 Å². The summed E-state index contributed by atoms with van der Waals surface area (Å²) in [4.78, 5) is 4.30. The molecule has 2 unspecified atom stereocenters. The predicted molar refractivity (Wildman–Crippen MR) is 72.0 cm³/mol. The van der Waals surface area contributed by atoms with Crippen molar-refractivity contribution in [3.8, 4) is 0 Å². The molecule has 0 saturated carbocycles. The summed E-state index contributed by atoms with van der Waals surface area (Å²) < 4.78 is 38.7. The molecule has 3 atom stereocenters. The maximum absolute atomic E-state index is 12.9. The van der Waals surface area contributed by atoms with Crippen molar-refractivity contribution in [2.24, 2.45) is 11.8 Å². The highest BCUT2D eigenvalue weighted by Gasteiger charge is 2.42. The zero-order valence-electron chi connectivity index (χ0n) is 11.7. The van der Waals surface area contributed by atoms with E-state index >= 15 is 0 Å². The molecule has 0 aliphatic carbocycles. The molecular formula is C14H23F3N2. The fourth-order valence-electron chi connectivity index (χ4n) is 2.47. The summed E-state index contributed by atoms with van der Waals surface area (Å²) >= 11 is 0. The highest BCUT2D eigenvalue weighted by molar-refractivity contribution is 4.98. The minimum atomic E-state index is -4.25. The van der Waals surface area contributed by atoms with E-state index < -0.39 is 18.0 Å². The summed E-state index contributed by atoms with van der Waals surface area (Å²) in [7, 11) is 2.04. The number of halogens is 3. The van der Waals surface area contributed by atoms with Crippen molar-refractivity contribution < 1.29 is 13.2 Å². The third-order valence-corrected chi connectivity index (χ3v) is 3.91. The van der Waals surface area contributed by atoms with Crippen LogP contribution in [0.15, 0.2) is 25.3 Å². The lowest BCUT2D eigenvalue weighted by molar-refractivity contribution is -0.171. The number of allylic oxidation sites excluding steroid dienone is 1. The van der Waals surface area contributed by atoms with E-state index in [-0.39, 0.29) is 0 Å². The molecule has 1 rings (SSSR count). The van der Waals surface area contributed by atoms with Crippen molar-refractivity contribution in [2.45, 2.75) is 19.1 Å². The van der Waals surface area contributed by atoms with E-state index in [0.717, 1.165) is 25.7 Å². The van der Waals surface area contributed by atoms with Crippen LogP contribution in [0.1, 0.15) is 6.92 Å². The van der Waals surface area contributed by atoms with Crippen molar-refractivity contribution in [3.63, 3.8) is 0 Å². The van der Waals surface area contributed by atoms with Crippen molar-refractivity contribution in [1.29, 1.82) is 0 Å². The van der Waals surface area contributed by atoms with Crippen molar-refractivity contribution in [3.05, 3.63) is 25.3 Å². The van der Waals surface area contributed by atoms with Gasteiger partial charge in [0.1, 0.15) is 0 Å². The van der Waals surface area contributed by atoms with Crippen LogP contribution in [-0.2, 0) is 0 Å². The minimum Gasteiger partial charge on any atom is -0.301 e. The molecule has 110 valence electrons. The Morgan fingerprint density at radius 2 is 1.89 bits per heavy atom. The normalized spacial score (nSPS) is 25.8. The number of rotatable bonds is 5. The molecule has 1 saturated heterocycles. The Morgan fingerprint density at radius 3 is 2.32 bits per heavy atom. The van der Waals surface area contributed by atoms with Gasteiger partial charge in [0.15, 0.2) is 0 Å². The van der Waals surface area contributed by atoms with E-state index in [0.29, 0.717) is 12.6 Å². The molecule has 0 radical (unpaired) electrons. The first kappa shape index (κ1) is 16.2. The molecule has 5 heteroatoms. The minimum absolute atomic E-state index is 0.368. The lowest BCUT2D eigenvalue weighted by atomic mass is 9.91. The first-order chi connectivity index (χ1) is 8.79. The van der Waals surface area contributed by atoms with Crippen LogP contribution in [0.2, 0.25) is 0 Å². The Bertz CT molecular complexity index is 314. The molecule has 0 aromatic rings. The van der Waals surface area contributed by atoms with Gasteiger partial charge in [-0.3, -0.25) is 4.90 Å². The van der Waals surface area contributed by atoms with Gasteiger partial charge in [0.25, 0.3) is 0 Å². The molecule has 1 fully saturated rings. The Kier molecular flexibility index (Phi) is 5.62. The number of piperazine rings is 1. The highest BCUT2D eigenvalue weighted by Crippen LogP contribution is 2.34. The van der Waals surface area contributed by atoms with Crippen molar-refractivity contribution >= 4 is 0 Å². The third kappa shape index (κ3) is 4.35. The van der Waals surface area contributed by atoms with Gasteiger partial charge in [-0.05, 0) is 14.0 Å². The fraction of sp³-hybridized carbons (Fsp3) is 0.714. The first-order valence-corrected chi connectivity index (χ1v) is 6.54. The fourth-order valence-corrected chi connectivity index (χ4v) is 2.47. The summed E-state index contributed by atoms with van der Waals surface area (Å²) in [5, 5.41) is 0. The molecule has 0 aromatic heterocycles. The monoisotopic (exact) mass is 276 g/mol. The van der Waals surface area contributed by atoms with Gasteiger partial charge in [-0.2, -0.15) is 13.2 Å². The number of hydrogen-bond donors (Lipinski definition) is 0. The second-order valence-corrected chi connectivity index (χ2v) is 5.29. The molecule has 19 heavy (non-hydrogen) atoms. The predicted octanol–water partition coefficient (Wildman–Crippen LogP) is 2.79. The standard InChI is InChI=1S/C14H23F3N2/c1-5-12(13(6-2)14(15,16)17)10-19-8-7-18(4)11(3)9-19/h5-6,11-13H,1-2,7-10H2,3-4H3/t11-,12?,13?/m1/s1. The highest BCUT2D eigenvalue weighted by atomic mass is 19.4. The zero-order valence-corrected chi connectivity index (χ0v) is 11.7. The molecule has 1 aliphatic rings. The second kappa shape index (κ2) is 6.57. The number of alkyl halides is 3. The summed E-state index contributed by atoms with van der Waals surface area (Å²) in [5.74, 6) is -2.15. The maximum atomic E-state index is 12.9. The third-order valence-electron chi connectivity index (χ3n) is 3.91. The molecule has 1 heterocycles. The average Bonchev–Trinajstić information content (AvgIpc) is 2.31. The summed E-state index contributed by atoms with van der Waals surface area (Å²) in [6, 6.07) is 0.368. The molecule has 1 aliphatic heterocycles. The molecular weight excluding hydrogens is 253 g/mol. The van der Waals surface area contributed by atoms with Crippen molar-refractivity contribution in [1.82, 2.24) is 9.80 Å². The largest absolute Gasteiger partial charge is 0.395 e. The second-order valence-electron chi connectivity index (χ2n) is 5.29. The number of nitrogens with zero attached hydrogens (tertiary/aromatic N) is 2. The summed E-state index contributed by atoms with van der Waals surface area (Å²) in [6.45, 7) is 11.8. The number of hydrogen-bond acceptors (Lipinski definition) is 2. The Hall–Kier alpha value is -0.810. The van der Waals surface area contributed by atoms with Gasteiger partial charge in [-0.15, -0.1) is 13.2 Å². The van der Waals surface area contributed by atoms with E-state index in [1.807, 2.05) is 7.05 Å². The van der Waals surface area contributed by atoms with E-state index in [4.69, 9.17) is 0 Å². The lowest BCUT2D eigenvalue weighted by Crippen LogP contribution is -2.51. The summed E-state index contributed by atoms with van der Waals surface area (Å²) in [5.41, 5.74) is 0. The topological polar surface area (TPSA) is 6.48 Å². The van der Waals surface area contributed by atoms with Crippen LogP contribution in [0.25, 0.3) is 0 Å². The van der Waals surface area contributed by atoms with Crippen LogP contribution >= 0.6 is 0 Å². The van der Waals surface area contributed by atoms with Gasteiger partial charge in [0.2, 0.25) is 0 Å². The van der Waals surface area contributed by atoms with Gasteiger partial charge in [-0.1, -0.05) is 12.2 Å². The molecule has 2 nitrogen and oxygen atoms in total. The van der Waals surface area contributed by atoms with Crippen molar-refractivity contribution in [2.75, 3.05) is 33.2 Å². The van der Waals surface area contributed by atoms with Crippen LogP contribution in [-0.4, -0.2) is 55.2 Å². The Balaban J connectivity index is 2.66. The Morgan fingerprint density at radius 1 is 1.26 bits per heavy atom. The quantitative estimate of drug-likeness (QED) is 0.712. The molecule has 0 spiro atoms. The van der Waals surface area contributed by atoms with Gasteiger partial charge < -0.3 is 4.90 Å². The van der Waals surface area contributed by atoms with Crippen LogP contribution in [0.5, 0.6) is 0 Å². The molecule has 0 bridgehead atoms. The maximum Gasteiger partial charge on any atom is 0.395 e. The van der Waals surface area contributed by atoms with E-state index in [2.05, 4.69) is 29.9 Å². The molecule has 0 amide bonds. The van der Waals surface area contributed by atoms with E-state index in [9.17, 15) is 13.2 Å². The van der Waals surface area contributed by atoms with Crippen LogP contribution < -0.4 is 0 Å². The van der Waals surface area contributed by atoms with Gasteiger partial charge in [0, 0.05) is 38.1 Å². The molecule has 0 aromatic carbocycles. The van der Waals surface area contributed by atoms with Crippen LogP contribution in [0.3, 0.4) is 0 Å². The van der Waals surface area contributed by atoms with Crippen LogP contribution in [0.4, 0.5) is 13.2 Å². The lowest BCUT2D eigenvalue weighted by Gasteiger charge is -2.39. The summed E-state index contributed by atoms with van der Waals surface area (Å²) in [6.07, 6.45) is -1.85. The van der Waals surface area contributed by atoms with Gasteiger partial charge >= 0.3 is 6.18 Å². The zero-order chi connectivity index (χ0) is 14.6. The molecule has 0 N–H and O–H groups in total. The van der Waals surface area contributed by atoms with Gasteiger partial charge in [-0.25, -0.2) is 0 Å². The van der Waals surface area contributed by atoms with Gasteiger partial charge in [0.05, 0.1) is 5.92 Å². The number of likely N-dealkylation sites (N-methyl/N-ethyl adjacent to an activating group) is 1.